The van der Waals surface area contributed by atoms with Crippen molar-refractivity contribution in [2.24, 2.45) is 28.6 Å². The van der Waals surface area contributed by atoms with E-state index in [0.29, 0.717) is 0 Å². The van der Waals surface area contributed by atoms with Gasteiger partial charge in [0.25, 0.3) is 5.91 Å². The summed E-state index contributed by atoms with van der Waals surface area (Å²) >= 11 is 0. The molecular weight excluding hydrogens is 424 g/mol. The first-order valence-electron chi connectivity index (χ1n) is 9.74. The van der Waals surface area contributed by atoms with E-state index in [1.54, 1.807) is 0 Å². The van der Waals surface area contributed by atoms with Gasteiger partial charge in [-0.1, -0.05) is 5.11 Å². The summed E-state index contributed by atoms with van der Waals surface area (Å²) < 4.78 is 0. The van der Waals surface area contributed by atoms with Gasteiger partial charge in [-0.25, -0.2) is 0 Å². The number of benzene rings is 1. The molecule has 1 fully saturated rings. The molecule has 4 rings (SSSR count). The molecule has 3 aliphatic rings. The first-order chi connectivity index (χ1) is 14.9. The Kier molecular flexibility index (Phi) is 4.61. The average Bonchev–Trinajstić information content (AvgIpc) is 2.70. The molecule has 1 amide bonds. The number of fused-ring (bicyclic) bond motifs is 3. The number of phenolic OH excluding ortho intramolecular Hbond substituents is 1. The summed E-state index contributed by atoms with van der Waals surface area (Å²) in [4.78, 5) is 40.1. The van der Waals surface area contributed by atoms with Crippen LogP contribution in [0.25, 0.3) is 10.4 Å². The molecule has 0 saturated heterocycles. The highest BCUT2D eigenvalue weighted by molar-refractivity contribution is 6.20. The zero-order chi connectivity index (χ0) is 23.7. The van der Waals surface area contributed by atoms with Crippen LogP contribution in [0.1, 0.15) is 35.7 Å². The van der Waals surface area contributed by atoms with Gasteiger partial charge in [0.2, 0.25) is 0 Å². The van der Waals surface area contributed by atoms with E-state index in [9.17, 15) is 39.9 Å². The molecule has 0 bridgehead atoms. The quantitative estimate of drug-likeness (QED) is 0.161. The Bertz CT molecular complexity index is 1170. The van der Waals surface area contributed by atoms with Crippen LogP contribution in [0.5, 0.6) is 5.75 Å². The highest BCUT2D eigenvalue weighted by atomic mass is 16.4. The Balaban J connectivity index is 1.96. The molecule has 1 aromatic rings. The van der Waals surface area contributed by atoms with E-state index in [4.69, 9.17) is 11.3 Å². The molecule has 12 heteroatoms. The van der Waals surface area contributed by atoms with Crippen molar-refractivity contribution in [2.75, 3.05) is 0 Å². The molecule has 1 saturated carbocycles. The maximum Gasteiger partial charge on any atom is 0.255 e. The molecule has 6 atom stereocenters. The van der Waals surface area contributed by atoms with Crippen LogP contribution in [-0.2, 0) is 15.2 Å². The molecule has 0 radical (unpaired) electrons. The number of rotatable bonds is 2. The molecule has 0 spiro atoms. The summed E-state index contributed by atoms with van der Waals surface area (Å²) in [7, 11) is 0. The lowest BCUT2D eigenvalue weighted by atomic mass is 9.51. The van der Waals surface area contributed by atoms with Gasteiger partial charge in [-0.3, -0.25) is 14.4 Å². The predicted octanol–water partition coefficient (Wildman–Crippen LogP) is 0.352. The van der Waals surface area contributed by atoms with E-state index in [2.05, 4.69) is 10.0 Å². The monoisotopic (exact) mass is 444 g/mol. The number of aromatic hydroxyl groups is 1. The van der Waals surface area contributed by atoms with Gasteiger partial charge in [-0.15, -0.1) is 0 Å². The molecule has 3 aliphatic carbocycles. The standard InChI is InChI=1S/C20H20N4O8/c1-19(31)7-4-6-5-10(26)13(18(21)30)17(29)20(6,32)16(28)11(7)15(27)12-9(25)3-2-8(14(12)19)23-24-22/h2-3,6-7,11,16,25,28-29,31-32H,4-5H2,1H3,(H2,21,30)/t6?,7?,11?,16?,19-,20?/m0/s1. The number of amides is 1. The minimum absolute atomic E-state index is 0.106. The summed E-state index contributed by atoms with van der Waals surface area (Å²) in [5.41, 5.74) is 8.03. The summed E-state index contributed by atoms with van der Waals surface area (Å²) in [6.07, 6.45) is -2.74. The Morgan fingerprint density at radius 3 is 2.53 bits per heavy atom. The molecule has 5 unspecified atom stereocenters. The van der Waals surface area contributed by atoms with Crippen LogP contribution in [-0.4, -0.2) is 54.7 Å². The highest BCUT2D eigenvalue weighted by Gasteiger charge is 2.66. The van der Waals surface area contributed by atoms with E-state index < -0.39 is 81.6 Å². The molecule has 0 aromatic heterocycles. The summed E-state index contributed by atoms with van der Waals surface area (Å²) in [6.45, 7) is 1.30. The van der Waals surface area contributed by atoms with E-state index in [1.165, 1.54) is 13.0 Å². The SMILES string of the molecule is C[C@@]1(O)c2c(N=[N+]=[N-])ccc(O)c2C(=O)C2C(O)C3(O)C(O)=C(C(N)=O)C(=O)CC3CC21. The first kappa shape index (κ1) is 21.8. The number of carbonyl (C=O) groups is 3. The van der Waals surface area contributed by atoms with Crippen molar-refractivity contribution in [3.8, 4) is 5.75 Å². The Morgan fingerprint density at radius 1 is 1.28 bits per heavy atom. The number of nitrogens with two attached hydrogens (primary N) is 1. The number of aliphatic hydroxyl groups is 4. The Labute approximate surface area is 180 Å². The number of aliphatic hydroxyl groups excluding tert-OH is 2. The van der Waals surface area contributed by atoms with E-state index in [1.807, 2.05) is 0 Å². The number of carbonyl (C=O) groups excluding carboxylic acids is 3. The first-order valence-corrected chi connectivity index (χ1v) is 9.74. The topological polar surface area (TPSA) is 227 Å². The van der Waals surface area contributed by atoms with Crippen LogP contribution in [0, 0.1) is 17.8 Å². The van der Waals surface area contributed by atoms with Gasteiger partial charge in [0.05, 0.1) is 17.1 Å². The lowest BCUT2D eigenvalue weighted by Gasteiger charge is -2.56. The third-order valence-electron chi connectivity index (χ3n) is 7.05. The lowest BCUT2D eigenvalue weighted by Crippen LogP contribution is -2.66. The predicted molar refractivity (Wildman–Crippen MR) is 105 cm³/mol. The van der Waals surface area contributed by atoms with Gasteiger partial charge >= 0.3 is 0 Å². The Hall–Kier alpha value is -3.44. The van der Waals surface area contributed by atoms with Crippen LogP contribution in [0.15, 0.2) is 28.6 Å². The van der Waals surface area contributed by atoms with Crippen molar-refractivity contribution in [1.82, 2.24) is 0 Å². The number of hydrogen-bond acceptors (Lipinski definition) is 9. The summed E-state index contributed by atoms with van der Waals surface area (Å²) in [6, 6.07) is 2.31. The van der Waals surface area contributed by atoms with Crippen molar-refractivity contribution < 1.29 is 39.9 Å². The van der Waals surface area contributed by atoms with Gasteiger partial charge in [0.15, 0.2) is 17.2 Å². The third kappa shape index (κ3) is 2.55. The van der Waals surface area contributed by atoms with Gasteiger partial charge < -0.3 is 31.3 Å². The number of Topliss-reactive ketones (excluding diaryl/α,β-unsaturated/α-hetero) is 2. The third-order valence-corrected chi connectivity index (χ3v) is 7.05. The maximum absolute atomic E-state index is 13.4. The van der Waals surface area contributed by atoms with Gasteiger partial charge in [-0.05, 0) is 31.0 Å². The molecule has 1 aromatic carbocycles. The second-order valence-corrected chi connectivity index (χ2v) is 8.61. The second-order valence-electron chi connectivity index (χ2n) is 8.61. The van der Waals surface area contributed by atoms with E-state index >= 15 is 0 Å². The van der Waals surface area contributed by atoms with Crippen LogP contribution in [0.3, 0.4) is 0 Å². The van der Waals surface area contributed by atoms with Gasteiger partial charge in [0.1, 0.15) is 23.2 Å². The van der Waals surface area contributed by atoms with E-state index in [0.717, 1.165) is 6.07 Å². The summed E-state index contributed by atoms with van der Waals surface area (Å²) in [5.74, 6) is -8.45. The molecular formula is C20H20N4O8. The van der Waals surface area contributed by atoms with Crippen molar-refractivity contribution >= 4 is 23.2 Å². The molecule has 0 heterocycles. The second kappa shape index (κ2) is 6.78. The number of hydrogen-bond donors (Lipinski definition) is 6. The maximum atomic E-state index is 13.4. The number of phenols is 1. The highest BCUT2D eigenvalue weighted by Crippen LogP contribution is 2.58. The fraction of sp³-hybridized carbons (Fsp3) is 0.450. The normalized spacial score (nSPS) is 36.0. The van der Waals surface area contributed by atoms with Crippen LogP contribution >= 0.6 is 0 Å². The van der Waals surface area contributed by atoms with Crippen LogP contribution in [0.4, 0.5) is 5.69 Å². The lowest BCUT2D eigenvalue weighted by molar-refractivity contribution is -0.195. The minimum atomic E-state index is -2.55. The van der Waals surface area contributed by atoms with Crippen molar-refractivity contribution in [2.45, 2.75) is 37.1 Å². The van der Waals surface area contributed by atoms with Crippen molar-refractivity contribution in [3.63, 3.8) is 0 Å². The van der Waals surface area contributed by atoms with Crippen LogP contribution in [0.2, 0.25) is 0 Å². The average molecular weight is 444 g/mol. The Morgan fingerprint density at radius 2 is 1.94 bits per heavy atom. The fourth-order valence-electron chi connectivity index (χ4n) is 5.58. The molecule has 12 nitrogen and oxygen atoms in total. The zero-order valence-corrected chi connectivity index (χ0v) is 16.8. The minimum Gasteiger partial charge on any atom is -0.508 e. The number of nitrogens with zero attached hydrogens (tertiary/aromatic N) is 3. The number of ketones is 2. The fourth-order valence-corrected chi connectivity index (χ4v) is 5.58. The van der Waals surface area contributed by atoms with Gasteiger partial charge in [-0.2, -0.15) is 0 Å². The summed E-state index contributed by atoms with van der Waals surface area (Å²) in [5, 5.41) is 58.2. The van der Waals surface area contributed by atoms with Crippen molar-refractivity contribution in [3.05, 3.63) is 45.0 Å². The zero-order valence-electron chi connectivity index (χ0n) is 16.8. The van der Waals surface area contributed by atoms with Gasteiger partial charge in [0, 0.05) is 34.4 Å². The molecule has 168 valence electrons. The van der Waals surface area contributed by atoms with Crippen molar-refractivity contribution in [1.29, 1.82) is 0 Å². The molecule has 7 N–H and O–H groups in total. The van der Waals surface area contributed by atoms with E-state index in [-0.39, 0.29) is 17.7 Å². The smallest absolute Gasteiger partial charge is 0.255 e. The molecule has 0 aliphatic heterocycles. The molecule has 32 heavy (non-hydrogen) atoms. The number of azide groups is 1. The largest absolute Gasteiger partial charge is 0.508 e. The van der Waals surface area contributed by atoms with Crippen LogP contribution < -0.4 is 5.73 Å². The number of primary amides is 1.